The highest BCUT2D eigenvalue weighted by atomic mass is 32.1. The minimum atomic E-state index is -2.56. The predicted octanol–water partition coefficient (Wildman–Crippen LogP) is 5.69. The highest BCUT2D eigenvalue weighted by molar-refractivity contribution is 7.13. The number of hydrogen-bond acceptors (Lipinski definition) is 7. The summed E-state index contributed by atoms with van der Waals surface area (Å²) in [5, 5.41) is 0.564. The van der Waals surface area contributed by atoms with Crippen molar-refractivity contribution in [2.75, 3.05) is 19.6 Å². The van der Waals surface area contributed by atoms with Gasteiger partial charge in [0.1, 0.15) is 11.9 Å². The summed E-state index contributed by atoms with van der Waals surface area (Å²) in [6.45, 7) is 4.95. The molecule has 6 nitrogen and oxygen atoms in total. The van der Waals surface area contributed by atoms with Gasteiger partial charge in [0.05, 0.1) is 5.69 Å². The highest BCUT2D eigenvalue weighted by Crippen LogP contribution is 2.41. The maximum absolute atomic E-state index is 13.1. The molecule has 0 saturated heterocycles. The van der Waals surface area contributed by atoms with Crippen molar-refractivity contribution in [1.82, 2.24) is 19.9 Å². The number of nitrogens with zero attached hydrogens (tertiary/aromatic N) is 4. The van der Waals surface area contributed by atoms with Gasteiger partial charge < -0.3 is 9.64 Å². The lowest BCUT2D eigenvalue weighted by Crippen LogP contribution is -2.43. The van der Waals surface area contributed by atoms with Crippen LogP contribution in [0.5, 0.6) is 5.19 Å². The number of aryl methyl sites for hydroxylation is 1. The summed E-state index contributed by atoms with van der Waals surface area (Å²) < 4.78 is 31.8. The third-order valence-electron chi connectivity index (χ3n) is 7.97. The smallest absolute Gasteiger partial charge is 0.273 e. The third kappa shape index (κ3) is 7.41. The van der Waals surface area contributed by atoms with Crippen molar-refractivity contribution < 1.29 is 18.3 Å². The molecule has 9 heteroatoms. The van der Waals surface area contributed by atoms with Crippen molar-refractivity contribution in [3.05, 3.63) is 40.4 Å². The van der Waals surface area contributed by atoms with Gasteiger partial charge in [0.2, 0.25) is 0 Å². The van der Waals surface area contributed by atoms with Crippen molar-refractivity contribution in [3.8, 4) is 5.19 Å². The maximum Gasteiger partial charge on any atom is 0.273 e. The van der Waals surface area contributed by atoms with Crippen LogP contribution < -0.4 is 4.74 Å². The molecule has 0 amide bonds. The minimum Gasteiger partial charge on any atom is -0.466 e. The van der Waals surface area contributed by atoms with E-state index >= 15 is 0 Å². The van der Waals surface area contributed by atoms with Crippen molar-refractivity contribution in [2.24, 2.45) is 11.8 Å². The molecule has 0 spiro atoms. The molecule has 2 saturated carbocycles. The van der Waals surface area contributed by atoms with Crippen LogP contribution in [0.2, 0.25) is 0 Å². The first-order chi connectivity index (χ1) is 17.8. The number of aromatic nitrogens is 3. The Kier molecular flexibility index (Phi) is 8.29. The number of rotatable bonds is 9. The summed E-state index contributed by atoms with van der Waals surface area (Å²) in [4.78, 5) is 29.1. The first kappa shape index (κ1) is 26.4. The number of ether oxygens (including phenoxy) is 1. The molecule has 2 aromatic rings. The monoisotopic (exact) mass is 530 g/mol. The topological polar surface area (TPSA) is 68.2 Å². The van der Waals surface area contributed by atoms with Gasteiger partial charge in [-0.15, -0.1) is 0 Å². The number of carbonyl (C=O) groups excluding carboxylic acids is 1. The number of ketones is 1. The van der Waals surface area contributed by atoms with Gasteiger partial charge >= 0.3 is 0 Å². The number of hydrogen-bond donors (Lipinski definition) is 0. The number of carbonyl (C=O) groups is 1. The molecule has 0 bridgehead atoms. The van der Waals surface area contributed by atoms with Crippen molar-refractivity contribution in [1.29, 1.82) is 0 Å². The molecule has 37 heavy (non-hydrogen) atoms. The predicted molar refractivity (Wildman–Crippen MR) is 140 cm³/mol. The second kappa shape index (κ2) is 11.6. The lowest BCUT2D eigenvalue weighted by molar-refractivity contribution is -0.134. The summed E-state index contributed by atoms with van der Waals surface area (Å²) in [5.74, 6) is -0.417. The molecule has 5 rings (SSSR count). The molecule has 0 aromatic carbocycles. The van der Waals surface area contributed by atoms with Gasteiger partial charge in [-0.1, -0.05) is 24.2 Å². The van der Waals surface area contributed by atoms with E-state index in [4.69, 9.17) is 4.74 Å². The largest absolute Gasteiger partial charge is 0.466 e. The van der Waals surface area contributed by atoms with Crippen LogP contribution in [-0.4, -0.2) is 57.3 Å². The van der Waals surface area contributed by atoms with E-state index in [1.165, 1.54) is 35.5 Å². The van der Waals surface area contributed by atoms with Gasteiger partial charge in [-0.2, -0.15) is 0 Å². The number of alkyl halides is 2. The van der Waals surface area contributed by atoms with E-state index in [9.17, 15) is 13.6 Å². The normalized spacial score (nSPS) is 24.4. The quantitative estimate of drug-likeness (QED) is 0.388. The molecule has 0 unspecified atom stereocenters. The molecule has 200 valence electrons. The average Bonchev–Trinajstić information content (AvgIpc) is 3.14. The fourth-order valence-corrected chi connectivity index (χ4v) is 6.62. The molecular formula is C28H36F2N4O2S. The Morgan fingerprint density at radius 2 is 1.84 bits per heavy atom. The summed E-state index contributed by atoms with van der Waals surface area (Å²) in [6, 6.07) is 0. The van der Waals surface area contributed by atoms with E-state index < -0.39 is 5.92 Å². The van der Waals surface area contributed by atoms with Gasteiger partial charge in [-0.25, -0.2) is 23.7 Å². The third-order valence-corrected chi connectivity index (χ3v) is 9.02. The second-order valence-corrected chi connectivity index (χ2v) is 12.0. The number of allylic oxidation sites excluding steroid dienone is 1. The minimum absolute atomic E-state index is 0.189. The molecule has 0 radical (unpaired) electrons. The standard InChI is InChI=1S/C28H36F2N4O2S/c1-19-31-17-22(18-32-19)6-7-23(35)14-21-4-2-20(3-5-21)8-11-34-12-9-25-26(10-13-34)37-27(33-25)36-24-15-28(29,30)16-24/h6-7,17-18,20-21,24H,2-5,8-16H2,1H3/b7-6+. The zero-order valence-corrected chi connectivity index (χ0v) is 22.3. The lowest BCUT2D eigenvalue weighted by Gasteiger charge is -2.33. The van der Waals surface area contributed by atoms with Crippen LogP contribution in [0.25, 0.3) is 6.08 Å². The van der Waals surface area contributed by atoms with E-state index in [-0.39, 0.29) is 24.7 Å². The Labute approximate surface area is 221 Å². The van der Waals surface area contributed by atoms with Gasteiger partial charge in [-0.3, -0.25) is 4.79 Å². The van der Waals surface area contributed by atoms with Crippen LogP contribution >= 0.6 is 11.3 Å². The Hall–Kier alpha value is -2.26. The first-order valence-corrected chi connectivity index (χ1v) is 14.4. The summed E-state index contributed by atoms with van der Waals surface area (Å²) in [5.41, 5.74) is 1.94. The van der Waals surface area contributed by atoms with Gasteiger partial charge in [-0.05, 0) is 63.1 Å². The van der Waals surface area contributed by atoms with Crippen molar-refractivity contribution in [3.63, 3.8) is 0 Å². The van der Waals surface area contributed by atoms with Crippen LogP contribution in [0.15, 0.2) is 18.5 Å². The molecule has 2 aliphatic carbocycles. The average molecular weight is 531 g/mol. The first-order valence-electron chi connectivity index (χ1n) is 13.6. The second-order valence-electron chi connectivity index (χ2n) is 10.9. The Balaban J connectivity index is 0.983. The van der Waals surface area contributed by atoms with E-state index in [0.717, 1.165) is 68.3 Å². The van der Waals surface area contributed by atoms with Crippen LogP contribution in [0.1, 0.15) is 73.3 Å². The van der Waals surface area contributed by atoms with Crippen LogP contribution in [0, 0.1) is 18.8 Å². The SMILES string of the molecule is Cc1ncc(/C=C/C(=O)CC2CCC(CCN3CCc4nc(OC5CC(F)(F)C5)sc4CC3)CC2)cn1. The maximum atomic E-state index is 13.1. The molecule has 2 fully saturated rings. The fraction of sp³-hybridized carbons (Fsp3) is 0.643. The van der Waals surface area contributed by atoms with Crippen LogP contribution in [0.3, 0.4) is 0 Å². The van der Waals surface area contributed by atoms with E-state index in [0.29, 0.717) is 17.5 Å². The molecule has 2 aromatic heterocycles. The van der Waals surface area contributed by atoms with Gasteiger partial charge in [0.15, 0.2) is 5.78 Å². The Morgan fingerprint density at radius 3 is 2.57 bits per heavy atom. The zero-order valence-electron chi connectivity index (χ0n) is 21.5. The Bertz CT molecular complexity index is 1060. The van der Waals surface area contributed by atoms with Gasteiger partial charge in [0, 0.05) is 61.6 Å². The summed E-state index contributed by atoms with van der Waals surface area (Å²) >= 11 is 1.54. The highest BCUT2D eigenvalue weighted by Gasteiger charge is 2.47. The van der Waals surface area contributed by atoms with Gasteiger partial charge in [0.25, 0.3) is 11.1 Å². The number of thiazole rings is 1. The molecule has 3 aliphatic rings. The molecule has 3 heterocycles. The van der Waals surface area contributed by atoms with Crippen molar-refractivity contribution in [2.45, 2.75) is 83.2 Å². The van der Waals surface area contributed by atoms with Crippen LogP contribution in [-0.2, 0) is 17.6 Å². The molecule has 1 aliphatic heterocycles. The molecular weight excluding hydrogens is 494 g/mol. The van der Waals surface area contributed by atoms with Crippen molar-refractivity contribution >= 4 is 23.2 Å². The van der Waals surface area contributed by atoms with E-state index in [1.807, 2.05) is 13.0 Å². The molecule has 0 N–H and O–H groups in total. The molecule has 0 atom stereocenters. The van der Waals surface area contributed by atoms with E-state index in [2.05, 4.69) is 19.9 Å². The summed E-state index contributed by atoms with van der Waals surface area (Å²) in [7, 11) is 0. The van der Waals surface area contributed by atoms with Crippen LogP contribution in [0.4, 0.5) is 8.78 Å². The zero-order chi connectivity index (χ0) is 25.8. The number of halogens is 2. The van der Waals surface area contributed by atoms with E-state index in [1.54, 1.807) is 18.5 Å². The number of fused-ring (bicyclic) bond motifs is 1. The lowest BCUT2D eigenvalue weighted by atomic mass is 9.78. The summed E-state index contributed by atoms with van der Waals surface area (Å²) in [6.07, 6.45) is 14.6. The fourth-order valence-electron chi connectivity index (χ4n) is 5.61. The Morgan fingerprint density at radius 1 is 1.14 bits per heavy atom.